The van der Waals surface area contributed by atoms with E-state index in [2.05, 4.69) is 28.7 Å². The van der Waals surface area contributed by atoms with E-state index in [0.29, 0.717) is 0 Å². The van der Waals surface area contributed by atoms with Crippen molar-refractivity contribution in [3.63, 3.8) is 0 Å². The molecule has 22 heavy (non-hydrogen) atoms. The van der Waals surface area contributed by atoms with Crippen molar-refractivity contribution in [1.29, 1.82) is 0 Å². The molecule has 0 bridgehead atoms. The number of halogens is 3. The highest BCUT2D eigenvalue weighted by Crippen LogP contribution is 2.25. The molecular weight excluding hydrogens is 329 g/mol. The lowest BCUT2D eigenvalue weighted by Crippen LogP contribution is -2.45. The van der Waals surface area contributed by atoms with E-state index in [1.165, 1.54) is 0 Å². The van der Waals surface area contributed by atoms with Crippen molar-refractivity contribution in [2.75, 3.05) is 13.2 Å². The Bertz CT molecular complexity index is 462. The zero-order chi connectivity index (χ0) is 17.6. The maximum Gasteiger partial charge on any atom is 0.379 e. The lowest BCUT2D eigenvalue weighted by molar-refractivity contribution is -0.237. The molecular formula is C12H15F3O6S. The summed E-state index contributed by atoms with van der Waals surface area (Å²) in [4.78, 5) is 33.6. The topological polar surface area (TPSA) is 78.9 Å². The summed E-state index contributed by atoms with van der Waals surface area (Å²) < 4.78 is 51.5. The van der Waals surface area contributed by atoms with Gasteiger partial charge < -0.3 is 14.2 Å². The van der Waals surface area contributed by atoms with E-state index in [-0.39, 0.29) is 0 Å². The van der Waals surface area contributed by atoms with Crippen LogP contribution in [0, 0.1) is 0 Å². The monoisotopic (exact) mass is 344 g/mol. The van der Waals surface area contributed by atoms with Crippen LogP contribution in [0.1, 0.15) is 20.3 Å². The van der Waals surface area contributed by atoms with Gasteiger partial charge in [-0.25, -0.2) is 9.59 Å². The second kappa shape index (κ2) is 8.18. The lowest BCUT2D eigenvalue weighted by Gasteiger charge is -2.27. The number of thiol groups is 1. The maximum absolute atomic E-state index is 12.7. The number of hydrogen-bond acceptors (Lipinski definition) is 7. The first-order valence-electron chi connectivity index (χ1n) is 5.86. The van der Waals surface area contributed by atoms with Crippen molar-refractivity contribution in [2.24, 2.45) is 0 Å². The smallest absolute Gasteiger partial charge is 0.379 e. The number of rotatable bonds is 9. The Morgan fingerprint density at radius 3 is 2.23 bits per heavy atom. The number of carbonyl (C=O) groups excluding carboxylic acids is 3. The van der Waals surface area contributed by atoms with E-state index >= 15 is 0 Å². The Morgan fingerprint density at radius 1 is 1.27 bits per heavy atom. The third-order valence-electron chi connectivity index (χ3n) is 2.07. The SMILES string of the molecule is C=C(F)C(=O)OC(C)(OCCC(F)(F)S)C(=O)OCC(C)=O. The van der Waals surface area contributed by atoms with Gasteiger partial charge in [0.25, 0.3) is 5.25 Å². The number of alkyl halides is 2. The molecule has 0 N–H and O–H groups in total. The van der Waals surface area contributed by atoms with Crippen LogP contribution in [0.4, 0.5) is 13.2 Å². The predicted octanol–water partition coefficient (Wildman–Crippen LogP) is 1.79. The van der Waals surface area contributed by atoms with Gasteiger partial charge in [0, 0.05) is 13.3 Å². The molecule has 1 unspecified atom stereocenters. The quantitative estimate of drug-likeness (QED) is 0.297. The Hall–Kier alpha value is -1.55. The summed E-state index contributed by atoms with van der Waals surface area (Å²) in [6, 6.07) is 0. The summed E-state index contributed by atoms with van der Waals surface area (Å²) in [6.45, 7) is 3.21. The first-order chi connectivity index (χ1) is 9.87. The molecule has 0 saturated carbocycles. The van der Waals surface area contributed by atoms with Crippen molar-refractivity contribution in [1.82, 2.24) is 0 Å². The van der Waals surface area contributed by atoms with Gasteiger partial charge in [-0.15, -0.1) is 12.6 Å². The van der Waals surface area contributed by atoms with Gasteiger partial charge in [-0.05, 0) is 6.92 Å². The molecule has 0 rings (SSSR count). The van der Waals surface area contributed by atoms with Gasteiger partial charge in [0.2, 0.25) is 5.83 Å². The van der Waals surface area contributed by atoms with Crippen molar-refractivity contribution in [2.45, 2.75) is 31.3 Å². The zero-order valence-corrected chi connectivity index (χ0v) is 12.8. The Labute approximate surface area is 130 Å². The summed E-state index contributed by atoms with van der Waals surface area (Å²) in [5.74, 6) is -7.58. The molecule has 6 nitrogen and oxygen atoms in total. The van der Waals surface area contributed by atoms with Crippen LogP contribution in [-0.4, -0.2) is 42.0 Å². The first-order valence-corrected chi connectivity index (χ1v) is 6.30. The minimum Gasteiger partial charge on any atom is -0.453 e. The average molecular weight is 344 g/mol. The van der Waals surface area contributed by atoms with Crippen LogP contribution in [0.5, 0.6) is 0 Å². The Kier molecular flexibility index (Phi) is 7.60. The van der Waals surface area contributed by atoms with Crippen molar-refractivity contribution in [3.05, 3.63) is 12.4 Å². The zero-order valence-electron chi connectivity index (χ0n) is 11.9. The average Bonchev–Trinajstić information content (AvgIpc) is 2.33. The molecule has 126 valence electrons. The molecule has 0 saturated heterocycles. The summed E-state index contributed by atoms with van der Waals surface area (Å²) in [5, 5.41) is -3.39. The standard InChI is InChI=1S/C12H15F3O6S/c1-7(16)6-19-10(18)11(3,21-9(17)8(2)13)20-5-4-12(14,15)22/h22H,2,4-6H2,1,3H3. The molecule has 0 radical (unpaired) electrons. The van der Waals surface area contributed by atoms with Crippen LogP contribution in [-0.2, 0) is 28.6 Å². The molecule has 0 amide bonds. The van der Waals surface area contributed by atoms with Crippen LogP contribution in [0.2, 0.25) is 0 Å². The Morgan fingerprint density at radius 2 is 1.82 bits per heavy atom. The fraction of sp³-hybridized carbons (Fsp3) is 0.583. The molecule has 0 spiro atoms. The summed E-state index contributed by atoms with van der Waals surface area (Å²) in [7, 11) is 0. The molecule has 0 heterocycles. The summed E-state index contributed by atoms with van der Waals surface area (Å²) >= 11 is 2.95. The first kappa shape index (κ1) is 20.5. The number of esters is 2. The van der Waals surface area contributed by atoms with Crippen molar-refractivity contribution in [3.8, 4) is 0 Å². The number of ether oxygens (including phenoxy) is 3. The molecule has 1 atom stereocenters. The van der Waals surface area contributed by atoms with Crippen LogP contribution >= 0.6 is 12.6 Å². The highest BCUT2D eigenvalue weighted by molar-refractivity contribution is 7.81. The molecule has 0 aromatic heterocycles. The molecule has 0 fully saturated rings. The van der Waals surface area contributed by atoms with Crippen molar-refractivity contribution < 1.29 is 41.8 Å². The number of Topliss-reactive ketones (excluding diaryl/α,β-unsaturated/α-hetero) is 1. The van der Waals surface area contributed by atoms with Crippen LogP contribution in [0.3, 0.4) is 0 Å². The third-order valence-corrected chi connectivity index (χ3v) is 2.29. The Balaban J connectivity index is 4.95. The molecule has 10 heteroatoms. The van der Waals surface area contributed by atoms with E-state index in [0.717, 1.165) is 13.8 Å². The van der Waals surface area contributed by atoms with Crippen LogP contribution in [0.25, 0.3) is 0 Å². The van der Waals surface area contributed by atoms with E-state index in [1.54, 1.807) is 0 Å². The van der Waals surface area contributed by atoms with Gasteiger partial charge >= 0.3 is 17.7 Å². The fourth-order valence-electron chi connectivity index (χ4n) is 1.03. The minimum absolute atomic E-state index is 0.529. The van der Waals surface area contributed by atoms with Gasteiger partial charge in [-0.1, -0.05) is 6.58 Å². The summed E-state index contributed by atoms with van der Waals surface area (Å²) in [5.41, 5.74) is 0. The van der Waals surface area contributed by atoms with Crippen LogP contribution < -0.4 is 0 Å². The van der Waals surface area contributed by atoms with Gasteiger partial charge in [0.1, 0.15) is 6.61 Å². The number of ketones is 1. The second-order valence-electron chi connectivity index (χ2n) is 4.28. The van der Waals surface area contributed by atoms with Gasteiger partial charge in [-0.3, -0.25) is 4.79 Å². The largest absolute Gasteiger partial charge is 0.453 e. The molecule has 0 aromatic rings. The highest BCUT2D eigenvalue weighted by atomic mass is 32.1. The lowest BCUT2D eigenvalue weighted by atomic mass is 10.3. The fourth-order valence-corrected chi connectivity index (χ4v) is 1.12. The van der Waals surface area contributed by atoms with Crippen LogP contribution in [0.15, 0.2) is 12.4 Å². The number of carbonyl (C=O) groups is 3. The third kappa shape index (κ3) is 8.03. The van der Waals surface area contributed by atoms with Gasteiger partial charge in [-0.2, -0.15) is 13.2 Å². The normalized spacial score (nSPS) is 13.9. The van der Waals surface area contributed by atoms with Gasteiger partial charge in [0.15, 0.2) is 5.78 Å². The predicted molar refractivity (Wildman–Crippen MR) is 70.9 cm³/mol. The molecule has 0 aliphatic heterocycles. The maximum atomic E-state index is 12.7. The molecule has 0 aliphatic carbocycles. The van der Waals surface area contributed by atoms with E-state index in [4.69, 9.17) is 4.74 Å². The second-order valence-corrected chi connectivity index (χ2v) is 4.94. The molecule has 0 aromatic carbocycles. The van der Waals surface area contributed by atoms with Gasteiger partial charge in [0.05, 0.1) is 6.61 Å². The highest BCUT2D eigenvalue weighted by Gasteiger charge is 2.42. The number of hydrogen-bond donors (Lipinski definition) is 1. The van der Waals surface area contributed by atoms with Crippen molar-refractivity contribution >= 4 is 30.4 Å². The minimum atomic E-state index is -3.39. The molecule has 0 aliphatic rings. The van der Waals surface area contributed by atoms with E-state index in [1.807, 2.05) is 0 Å². The summed E-state index contributed by atoms with van der Waals surface area (Å²) in [6.07, 6.45) is -0.917. The van der Waals surface area contributed by atoms with E-state index < -0.39 is 54.2 Å². The van der Waals surface area contributed by atoms with E-state index in [9.17, 15) is 27.6 Å².